The van der Waals surface area contributed by atoms with Gasteiger partial charge in [-0.25, -0.2) is 8.42 Å². The number of rotatable bonds is 9. The molecule has 38 heavy (non-hydrogen) atoms. The molecule has 2 aliphatic rings. The Morgan fingerprint density at radius 2 is 1.66 bits per heavy atom. The number of carbonyl (C=O) groups excluding carboxylic acids is 1. The zero-order valence-corrected chi connectivity index (χ0v) is 24.9. The molecule has 2 aromatic carbocycles. The van der Waals surface area contributed by atoms with Crippen molar-refractivity contribution in [2.75, 3.05) is 53.0 Å². The van der Waals surface area contributed by atoms with Crippen LogP contribution in [0.15, 0.2) is 45.8 Å². The Kier molecular flexibility index (Phi) is 9.86. The van der Waals surface area contributed by atoms with Crippen LogP contribution in [0.5, 0.6) is 5.75 Å². The van der Waals surface area contributed by atoms with Crippen molar-refractivity contribution < 1.29 is 22.7 Å². The Balaban J connectivity index is 1.29. The summed E-state index contributed by atoms with van der Waals surface area (Å²) in [4.78, 5) is 17.4. The third-order valence-electron chi connectivity index (χ3n) is 7.39. The first-order valence-corrected chi connectivity index (χ1v) is 15.4. The van der Waals surface area contributed by atoms with Crippen LogP contribution in [0.25, 0.3) is 0 Å². The molecule has 2 heterocycles. The predicted molar refractivity (Wildman–Crippen MR) is 151 cm³/mol. The fraction of sp³-hybridized carbons (Fsp3) is 0.536. The summed E-state index contributed by atoms with van der Waals surface area (Å²) < 4.78 is 41.2. The summed E-state index contributed by atoms with van der Waals surface area (Å²) >= 11 is 3.47. The lowest BCUT2D eigenvalue weighted by atomic mass is 10.1. The number of carbonyl (C=O) groups is 1. The summed E-state index contributed by atoms with van der Waals surface area (Å²) in [6.45, 7) is 8.07. The van der Waals surface area contributed by atoms with Gasteiger partial charge in [-0.15, -0.1) is 0 Å². The van der Waals surface area contributed by atoms with Crippen LogP contribution in [0.2, 0.25) is 0 Å². The maximum atomic E-state index is 13.7. The normalized spacial score (nSPS) is 19.5. The highest BCUT2D eigenvalue weighted by molar-refractivity contribution is 9.10. The molecule has 2 aromatic rings. The molecule has 0 spiro atoms. The van der Waals surface area contributed by atoms with Crippen LogP contribution in [0, 0.1) is 13.8 Å². The lowest BCUT2D eigenvalue weighted by molar-refractivity contribution is -0.138. The number of halogens is 1. The summed E-state index contributed by atoms with van der Waals surface area (Å²) in [7, 11) is -2.13. The maximum Gasteiger partial charge on any atom is 0.248 e. The van der Waals surface area contributed by atoms with Crippen molar-refractivity contribution in [1.82, 2.24) is 14.1 Å². The number of piperazine rings is 1. The van der Waals surface area contributed by atoms with E-state index in [1.807, 2.05) is 17.0 Å². The van der Waals surface area contributed by atoms with Crippen molar-refractivity contribution in [1.29, 1.82) is 0 Å². The first-order chi connectivity index (χ1) is 18.2. The number of benzene rings is 2. The van der Waals surface area contributed by atoms with Gasteiger partial charge in [0.2, 0.25) is 15.9 Å². The molecule has 8 nitrogen and oxygen atoms in total. The standard InChI is InChI=1S/C28H38BrN3O5S/c1-21-16-26(36-3)17-22(2)28(21)38(34,35)32-11-5-4-6-25(32)19-37-20-27(33)31-14-12-30(13-15-31)18-23-7-9-24(29)10-8-23/h7-10,16-17,25H,4-6,11-15,18-20H2,1-3H3. The SMILES string of the molecule is COc1cc(C)c(S(=O)(=O)N2CCCCC2COCC(=O)N2CCN(Cc3ccc(Br)cc3)CC2)c(C)c1. The molecule has 208 valence electrons. The summed E-state index contributed by atoms with van der Waals surface area (Å²) in [5.41, 5.74) is 2.59. The van der Waals surface area contributed by atoms with Crippen LogP contribution >= 0.6 is 15.9 Å². The largest absolute Gasteiger partial charge is 0.497 e. The number of hydrogen-bond acceptors (Lipinski definition) is 6. The Bertz CT molecular complexity index is 1190. The van der Waals surface area contributed by atoms with E-state index < -0.39 is 10.0 Å². The molecule has 0 aromatic heterocycles. The highest BCUT2D eigenvalue weighted by Crippen LogP contribution is 2.32. The van der Waals surface area contributed by atoms with E-state index in [-0.39, 0.29) is 25.2 Å². The molecule has 0 aliphatic carbocycles. The molecule has 0 radical (unpaired) electrons. The van der Waals surface area contributed by atoms with Gasteiger partial charge in [-0.2, -0.15) is 4.31 Å². The van der Waals surface area contributed by atoms with Crippen molar-refractivity contribution in [2.24, 2.45) is 0 Å². The molecule has 1 atom stereocenters. The van der Waals surface area contributed by atoms with Crippen LogP contribution in [0.4, 0.5) is 0 Å². The van der Waals surface area contributed by atoms with E-state index in [9.17, 15) is 13.2 Å². The van der Waals surface area contributed by atoms with Crippen LogP contribution in [-0.4, -0.2) is 87.5 Å². The van der Waals surface area contributed by atoms with E-state index in [1.165, 1.54) is 5.56 Å². The Labute approximate surface area is 235 Å². The van der Waals surface area contributed by atoms with Gasteiger partial charge in [-0.05, 0) is 67.6 Å². The van der Waals surface area contributed by atoms with Gasteiger partial charge in [-0.1, -0.05) is 34.5 Å². The van der Waals surface area contributed by atoms with Crippen molar-refractivity contribution in [3.05, 3.63) is 57.6 Å². The van der Waals surface area contributed by atoms with E-state index in [0.717, 1.165) is 43.4 Å². The monoisotopic (exact) mass is 607 g/mol. The van der Waals surface area contributed by atoms with Gasteiger partial charge in [-0.3, -0.25) is 9.69 Å². The number of sulfonamides is 1. The quantitative estimate of drug-likeness (QED) is 0.429. The minimum atomic E-state index is -3.71. The average molecular weight is 609 g/mol. The Morgan fingerprint density at radius 1 is 1.00 bits per heavy atom. The third kappa shape index (κ3) is 6.96. The first kappa shape index (κ1) is 29.0. The predicted octanol–water partition coefficient (Wildman–Crippen LogP) is 3.98. The summed E-state index contributed by atoms with van der Waals surface area (Å²) in [5.74, 6) is 0.602. The Hall–Kier alpha value is -1.98. The minimum absolute atomic E-state index is 0.0301. The fourth-order valence-electron chi connectivity index (χ4n) is 5.39. The van der Waals surface area contributed by atoms with E-state index in [0.29, 0.717) is 41.4 Å². The van der Waals surface area contributed by atoms with Gasteiger partial charge in [0, 0.05) is 49.8 Å². The number of aryl methyl sites for hydroxylation is 2. The van der Waals surface area contributed by atoms with E-state index in [4.69, 9.17) is 9.47 Å². The second-order valence-corrected chi connectivity index (χ2v) is 12.9. The van der Waals surface area contributed by atoms with Crippen molar-refractivity contribution in [3.8, 4) is 5.75 Å². The second-order valence-electron chi connectivity index (χ2n) is 10.2. The van der Waals surface area contributed by atoms with Gasteiger partial charge in [0.25, 0.3) is 0 Å². The molecular weight excluding hydrogens is 570 g/mol. The topological polar surface area (TPSA) is 79.4 Å². The van der Waals surface area contributed by atoms with Crippen molar-refractivity contribution >= 4 is 31.9 Å². The zero-order valence-electron chi connectivity index (χ0n) is 22.5. The number of methoxy groups -OCH3 is 1. The second kappa shape index (κ2) is 12.9. The molecule has 2 aliphatic heterocycles. The van der Waals surface area contributed by atoms with Crippen LogP contribution in [-0.2, 0) is 26.1 Å². The summed E-state index contributed by atoms with van der Waals surface area (Å²) in [6, 6.07) is 11.5. The van der Waals surface area contributed by atoms with Gasteiger partial charge < -0.3 is 14.4 Å². The fourth-order valence-corrected chi connectivity index (χ4v) is 7.75. The number of amides is 1. The number of ether oxygens (including phenoxy) is 2. The third-order valence-corrected chi connectivity index (χ3v) is 10.2. The molecule has 0 bridgehead atoms. The summed E-state index contributed by atoms with van der Waals surface area (Å²) in [6.07, 6.45) is 2.47. The molecule has 2 fully saturated rings. The van der Waals surface area contributed by atoms with Crippen molar-refractivity contribution in [3.63, 3.8) is 0 Å². The zero-order chi connectivity index (χ0) is 27.3. The highest BCUT2D eigenvalue weighted by Gasteiger charge is 2.36. The van der Waals surface area contributed by atoms with Gasteiger partial charge in [0.15, 0.2) is 0 Å². The lowest BCUT2D eigenvalue weighted by Gasteiger charge is -2.36. The molecule has 2 saturated heterocycles. The molecule has 0 saturated carbocycles. The first-order valence-electron chi connectivity index (χ1n) is 13.2. The van der Waals surface area contributed by atoms with Gasteiger partial charge >= 0.3 is 0 Å². The van der Waals surface area contributed by atoms with Crippen LogP contribution < -0.4 is 4.74 Å². The van der Waals surface area contributed by atoms with E-state index >= 15 is 0 Å². The highest BCUT2D eigenvalue weighted by atomic mass is 79.9. The lowest BCUT2D eigenvalue weighted by Crippen LogP contribution is -2.50. The molecular formula is C28H38BrN3O5S. The molecule has 10 heteroatoms. The smallest absolute Gasteiger partial charge is 0.248 e. The van der Waals surface area contributed by atoms with E-state index in [1.54, 1.807) is 37.4 Å². The number of nitrogens with zero attached hydrogens (tertiary/aromatic N) is 3. The maximum absolute atomic E-state index is 13.7. The van der Waals surface area contributed by atoms with E-state index in [2.05, 4.69) is 33.0 Å². The minimum Gasteiger partial charge on any atom is -0.497 e. The number of piperidine rings is 1. The Morgan fingerprint density at radius 3 is 2.29 bits per heavy atom. The average Bonchev–Trinajstić information content (AvgIpc) is 2.90. The molecule has 1 amide bonds. The van der Waals surface area contributed by atoms with Gasteiger partial charge in [0.1, 0.15) is 12.4 Å². The number of hydrogen-bond donors (Lipinski definition) is 0. The summed E-state index contributed by atoms with van der Waals surface area (Å²) in [5, 5.41) is 0. The molecule has 0 N–H and O–H groups in total. The van der Waals surface area contributed by atoms with Crippen LogP contribution in [0.3, 0.4) is 0 Å². The van der Waals surface area contributed by atoms with Crippen molar-refractivity contribution in [2.45, 2.75) is 50.6 Å². The molecule has 4 rings (SSSR count). The molecule has 1 unspecified atom stereocenters. The van der Waals surface area contributed by atoms with Crippen LogP contribution in [0.1, 0.15) is 36.0 Å². The van der Waals surface area contributed by atoms with Gasteiger partial charge in [0.05, 0.1) is 18.6 Å².